The van der Waals surface area contributed by atoms with Gasteiger partial charge in [0.2, 0.25) is 0 Å². The van der Waals surface area contributed by atoms with E-state index >= 15 is 0 Å². The molecular weight excluding hydrogens is 162 g/mol. The Labute approximate surface area is 72.7 Å². The Bertz CT molecular complexity index is 120. The van der Waals surface area contributed by atoms with Gasteiger partial charge in [0.05, 0.1) is 6.54 Å². The van der Waals surface area contributed by atoms with Crippen LogP contribution < -0.4 is 5.73 Å². The van der Waals surface area contributed by atoms with Crippen molar-refractivity contribution in [3.05, 3.63) is 0 Å². The predicted octanol–water partition coefficient (Wildman–Crippen LogP) is 1.17. The maximum atomic E-state index is 11.9. The molecule has 2 N–H and O–H groups in total. The Kier molecular flexibility index (Phi) is 5.33. The van der Waals surface area contributed by atoms with E-state index in [9.17, 15) is 8.78 Å². The van der Waals surface area contributed by atoms with Gasteiger partial charge >= 0.3 is 0 Å². The van der Waals surface area contributed by atoms with Gasteiger partial charge in [-0.25, -0.2) is 8.78 Å². The van der Waals surface area contributed by atoms with Crippen LogP contribution in [0.15, 0.2) is 0 Å². The highest BCUT2D eigenvalue weighted by Gasteiger charge is 2.18. The highest BCUT2D eigenvalue weighted by Crippen LogP contribution is 2.09. The fourth-order valence-electron chi connectivity index (χ4n) is 1.02. The number of rotatable bonds is 5. The second kappa shape index (κ2) is 5.43. The molecule has 74 valence electrons. The van der Waals surface area contributed by atoms with Crippen LogP contribution in [-0.4, -0.2) is 37.5 Å². The minimum Gasteiger partial charge on any atom is -0.330 e. The van der Waals surface area contributed by atoms with Gasteiger partial charge in [0.15, 0.2) is 0 Å². The summed E-state index contributed by atoms with van der Waals surface area (Å²) in [6.45, 7) is 4.24. The summed E-state index contributed by atoms with van der Waals surface area (Å²) >= 11 is 0. The Morgan fingerprint density at radius 1 is 1.33 bits per heavy atom. The first-order chi connectivity index (χ1) is 5.49. The molecule has 0 spiro atoms. The minimum absolute atomic E-state index is 0.115. The largest absolute Gasteiger partial charge is 0.330 e. The van der Waals surface area contributed by atoms with Crippen LogP contribution in [0.25, 0.3) is 0 Å². The van der Waals surface area contributed by atoms with Gasteiger partial charge in [-0.15, -0.1) is 0 Å². The van der Waals surface area contributed by atoms with Crippen molar-refractivity contribution in [2.75, 3.05) is 20.1 Å². The van der Waals surface area contributed by atoms with Crippen LogP contribution in [-0.2, 0) is 0 Å². The molecule has 0 amide bonds. The smallest absolute Gasteiger partial charge is 0.251 e. The summed E-state index contributed by atoms with van der Waals surface area (Å²) in [5.74, 6) is 0.258. The normalized spacial score (nSPS) is 17.0. The maximum absolute atomic E-state index is 11.9. The minimum atomic E-state index is -2.26. The second-order valence-electron chi connectivity index (χ2n) is 3.28. The van der Waals surface area contributed by atoms with E-state index in [-0.39, 0.29) is 18.5 Å². The quantitative estimate of drug-likeness (QED) is 0.688. The molecule has 2 unspecified atom stereocenters. The van der Waals surface area contributed by atoms with Crippen LogP contribution in [0, 0.1) is 5.92 Å². The van der Waals surface area contributed by atoms with Crippen LogP contribution in [0.1, 0.15) is 13.8 Å². The molecule has 0 rings (SSSR count). The third-order valence-corrected chi connectivity index (χ3v) is 2.32. The average Bonchev–Trinajstić information content (AvgIpc) is 2.00. The van der Waals surface area contributed by atoms with Gasteiger partial charge in [0.1, 0.15) is 0 Å². The molecule has 0 heterocycles. The van der Waals surface area contributed by atoms with Gasteiger partial charge in [0, 0.05) is 6.04 Å². The van der Waals surface area contributed by atoms with E-state index in [1.807, 2.05) is 13.8 Å². The number of nitrogens with two attached hydrogens (primary N) is 1. The maximum Gasteiger partial charge on any atom is 0.251 e. The van der Waals surface area contributed by atoms with E-state index in [0.717, 1.165) is 0 Å². The van der Waals surface area contributed by atoms with Gasteiger partial charge in [0.25, 0.3) is 6.43 Å². The first-order valence-corrected chi connectivity index (χ1v) is 4.17. The van der Waals surface area contributed by atoms with Crippen molar-refractivity contribution in [1.82, 2.24) is 4.90 Å². The van der Waals surface area contributed by atoms with E-state index in [2.05, 4.69) is 0 Å². The van der Waals surface area contributed by atoms with Crippen LogP contribution >= 0.6 is 0 Å². The fraction of sp³-hybridized carbons (Fsp3) is 1.00. The molecule has 0 saturated heterocycles. The molecular formula is C8H18F2N2. The average molecular weight is 180 g/mol. The molecule has 2 atom stereocenters. The number of nitrogens with zero attached hydrogens (tertiary/aromatic N) is 1. The van der Waals surface area contributed by atoms with Crippen molar-refractivity contribution in [2.24, 2.45) is 11.7 Å². The Hall–Kier alpha value is -0.220. The lowest BCUT2D eigenvalue weighted by atomic mass is 10.0. The number of alkyl halides is 2. The van der Waals surface area contributed by atoms with Gasteiger partial charge in [-0.05, 0) is 26.4 Å². The molecule has 0 radical (unpaired) electrons. The van der Waals surface area contributed by atoms with Gasteiger partial charge < -0.3 is 5.73 Å². The van der Waals surface area contributed by atoms with E-state index in [1.54, 1.807) is 11.9 Å². The van der Waals surface area contributed by atoms with Gasteiger partial charge in [-0.1, -0.05) is 6.92 Å². The molecule has 0 aromatic carbocycles. The lowest BCUT2D eigenvalue weighted by molar-refractivity contribution is 0.0727. The summed E-state index contributed by atoms with van der Waals surface area (Å²) in [5.41, 5.74) is 5.43. The standard InChI is InChI=1S/C8H18F2N2/c1-6(4-11)7(2)12(3)5-8(9)10/h6-8H,4-5,11H2,1-3H3. The van der Waals surface area contributed by atoms with E-state index in [1.165, 1.54) is 0 Å². The van der Waals surface area contributed by atoms with Crippen LogP contribution in [0.3, 0.4) is 0 Å². The third kappa shape index (κ3) is 3.97. The highest BCUT2D eigenvalue weighted by molar-refractivity contribution is 4.70. The Morgan fingerprint density at radius 2 is 1.83 bits per heavy atom. The molecule has 0 aliphatic rings. The molecule has 0 aromatic heterocycles. The predicted molar refractivity (Wildman–Crippen MR) is 46.3 cm³/mol. The topological polar surface area (TPSA) is 29.3 Å². The summed E-state index contributed by atoms with van der Waals surface area (Å²) in [4.78, 5) is 1.64. The first kappa shape index (κ1) is 11.8. The fourth-order valence-corrected chi connectivity index (χ4v) is 1.02. The third-order valence-electron chi connectivity index (χ3n) is 2.32. The number of hydrogen-bond donors (Lipinski definition) is 1. The zero-order valence-corrected chi connectivity index (χ0v) is 7.93. The molecule has 0 fully saturated rings. The summed E-state index contributed by atoms with van der Waals surface area (Å²) in [6, 6.07) is 0.115. The van der Waals surface area contributed by atoms with Gasteiger partial charge in [-0.2, -0.15) is 0 Å². The summed E-state index contributed by atoms with van der Waals surface area (Å²) in [6.07, 6.45) is -2.26. The first-order valence-electron chi connectivity index (χ1n) is 4.17. The van der Waals surface area contributed by atoms with Crippen molar-refractivity contribution in [3.8, 4) is 0 Å². The second-order valence-corrected chi connectivity index (χ2v) is 3.28. The van der Waals surface area contributed by atoms with E-state index in [0.29, 0.717) is 6.54 Å². The summed E-state index contributed by atoms with van der Waals surface area (Å²) in [7, 11) is 1.70. The molecule has 0 bridgehead atoms. The molecule has 0 aliphatic heterocycles. The van der Waals surface area contributed by atoms with Crippen LogP contribution in [0.2, 0.25) is 0 Å². The van der Waals surface area contributed by atoms with Crippen molar-refractivity contribution in [1.29, 1.82) is 0 Å². The lowest BCUT2D eigenvalue weighted by Gasteiger charge is -2.28. The highest BCUT2D eigenvalue weighted by atomic mass is 19.3. The van der Waals surface area contributed by atoms with Crippen LogP contribution in [0.5, 0.6) is 0 Å². The zero-order chi connectivity index (χ0) is 9.72. The Morgan fingerprint density at radius 3 is 2.17 bits per heavy atom. The van der Waals surface area contributed by atoms with Crippen molar-refractivity contribution in [2.45, 2.75) is 26.3 Å². The van der Waals surface area contributed by atoms with Crippen molar-refractivity contribution >= 4 is 0 Å². The zero-order valence-electron chi connectivity index (χ0n) is 7.93. The van der Waals surface area contributed by atoms with Crippen molar-refractivity contribution in [3.63, 3.8) is 0 Å². The molecule has 0 aliphatic carbocycles. The molecule has 0 aromatic rings. The van der Waals surface area contributed by atoms with Gasteiger partial charge in [-0.3, -0.25) is 4.90 Å². The Balaban J connectivity index is 3.83. The molecule has 4 heteroatoms. The van der Waals surface area contributed by atoms with Crippen LogP contribution in [0.4, 0.5) is 8.78 Å². The molecule has 0 saturated carbocycles. The van der Waals surface area contributed by atoms with E-state index in [4.69, 9.17) is 5.73 Å². The van der Waals surface area contributed by atoms with Crippen molar-refractivity contribution < 1.29 is 8.78 Å². The van der Waals surface area contributed by atoms with E-state index < -0.39 is 6.43 Å². The monoisotopic (exact) mass is 180 g/mol. The number of hydrogen-bond acceptors (Lipinski definition) is 2. The number of halogens is 2. The SMILES string of the molecule is CC(CN)C(C)N(C)CC(F)F. The lowest BCUT2D eigenvalue weighted by Crippen LogP contribution is -2.39. The summed E-state index contributed by atoms with van der Waals surface area (Å²) < 4.78 is 23.9. The molecule has 2 nitrogen and oxygen atoms in total. The summed E-state index contributed by atoms with van der Waals surface area (Å²) in [5, 5.41) is 0. The molecule has 12 heavy (non-hydrogen) atoms.